The van der Waals surface area contributed by atoms with E-state index in [4.69, 9.17) is 0 Å². The van der Waals surface area contributed by atoms with Crippen molar-refractivity contribution in [3.05, 3.63) is 0 Å². The summed E-state index contributed by atoms with van der Waals surface area (Å²) in [6.45, 7) is 0. The number of hydrogen-bond acceptors (Lipinski definition) is 0. The Kier molecular flexibility index (Phi) is 13.0. The molecule has 0 heterocycles. The lowest BCUT2D eigenvalue weighted by molar-refractivity contribution is 0.638. The second-order valence-electron chi connectivity index (χ2n) is 3.72. The Morgan fingerprint density at radius 1 is 0.409 bits per heavy atom. The summed E-state index contributed by atoms with van der Waals surface area (Å²) in [5, 5.41) is 0. The summed E-state index contributed by atoms with van der Waals surface area (Å²) in [6.07, 6.45) is 0. The summed E-state index contributed by atoms with van der Waals surface area (Å²) >= 11 is 54.9. The molecule has 0 aliphatic carbocycles. The standard InChI is InChI=1S/C7HBr15/c8-1(9)2(10,11)3(12,13)4(14,15)5(16,17)6(18,19)7(20,21)22/h1H. The second kappa shape index (κ2) is 9.77. The fraction of sp³-hybridized carbons (Fsp3) is 1.00. The van der Waals surface area contributed by atoms with E-state index in [2.05, 4.69) is 239 Å². The van der Waals surface area contributed by atoms with E-state index >= 15 is 0 Å². The largest absolute Gasteiger partial charge is 0.162 e. The minimum absolute atomic E-state index is 0.141. The Morgan fingerprint density at radius 2 is 0.682 bits per heavy atom. The van der Waals surface area contributed by atoms with Crippen molar-refractivity contribution < 1.29 is 0 Å². The van der Waals surface area contributed by atoms with Crippen molar-refractivity contribution in [2.75, 3.05) is 0 Å². The highest BCUT2D eigenvalue weighted by atomic mass is 80.0. The van der Waals surface area contributed by atoms with E-state index in [1.165, 1.54) is 0 Å². The van der Waals surface area contributed by atoms with Gasteiger partial charge in [0.25, 0.3) is 0 Å². The first kappa shape index (κ1) is 29.2. The van der Waals surface area contributed by atoms with Crippen LogP contribution in [0.3, 0.4) is 0 Å². The molecule has 0 saturated carbocycles. The quantitative estimate of drug-likeness (QED) is 0.241. The van der Waals surface area contributed by atoms with Crippen LogP contribution in [0.2, 0.25) is 0 Å². The summed E-state index contributed by atoms with van der Waals surface area (Å²) in [4.78, 5) is 0. The molecule has 0 fully saturated rings. The van der Waals surface area contributed by atoms with Crippen molar-refractivity contribution in [2.24, 2.45) is 0 Å². The van der Waals surface area contributed by atoms with Gasteiger partial charge >= 0.3 is 0 Å². The number of halogens is 15. The van der Waals surface area contributed by atoms with Crippen LogP contribution in [-0.2, 0) is 0 Å². The van der Waals surface area contributed by atoms with Gasteiger partial charge in [0.2, 0.25) is 0 Å². The fourth-order valence-electron chi connectivity index (χ4n) is 0.919. The van der Waals surface area contributed by atoms with Crippen LogP contribution in [0.4, 0.5) is 0 Å². The maximum absolute atomic E-state index is 3.76. The maximum Gasteiger partial charge on any atom is 0.162 e. The molecule has 0 unspecified atom stereocenters. The predicted octanol–water partition coefficient (Wildman–Crippen LogP) is 11.4. The van der Waals surface area contributed by atoms with Crippen molar-refractivity contribution in [1.82, 2.24) is 0 Å². The molecule has 0 aromatic heterocycles. The SMILES string of the molecule is BrC(Br)C(Br)(Br)C(Br)(Br)C(Br)(Br)C(Br)(Br)C(Br)(Br)C(Br)(Br)Br. The number of rotatable bonds is 5. The zero-order valence-electron chi connectivity index (χ0n) is 9.25. The Balaban J connectivity index is 6.24. The minimum Gasteiger partial charge on any atom is -0.0739 e. The summed E-state index contributed by atoms with van der Waals surface area (Å²) in [7, 11) is 0. The summed E-state index contributed by atoms with van der Waals surface area (Å²) in [5.74, 6) is 0. The second-order valence-corrected chi connectivity index (χ2v) is 30.9. The first-order valence-electron chi connectivity index (χ1n) is 4.43. The van der Waals surface area contributed by atoms with Gasteiger partial charge in [0.15, 0.2) is 2.14 Å². The van der Waals surface area contributed by atoms with Crippen molar-refractivity contribution in [3.63, 3.8) is 0 Å². The molecule has 0 N–H and O–H groups in total. The molecular formula is C7HBr15. The highest BCUT2D eigenvalue weighted by Gasteiger charge is 2.73. The van der Waals surface area contributed by atoms with Gasteiger partial charge in [-0.2, -0.15) is 0 Å². The molecule has 0 atom stereocenters. The van der Waals surface area contributed by atoms with Crippen molar-refractivity contribution >= 4 is 239 Å². The smallest absolute Gasteiger partial charge is 0.0739 e. The monoisotopic (exact) mass is 1270 g/mol. The molecule has 0 rings (SSSR count). The first-order chi connectivity index (χ1) is 9.19. The lowest BCUT2D eigenvalue weighted by Crippen LogP contribution is -2.64. The Morgan fingerprint density at radius 3 is 0.909 bits per heavy atom. The molecule has 134 valence electrons. The average Bonchev–Trinajstić information content (AvgIpc) is 2.25. The van der Waals surface area contributed by atoms with Crippen LogP contribution in [0.1, 0.15) is 0 Å². The molecule has 0 aliphatic rings. The van der Waals surface area contributed by atoms with E-state index in [1.807, 2.05) is 0 Å². The van der Waals surface area contributed by atoms with Gasteiger partial charge < -0.3 is 0 Å². The molecule has 0 bridgehead atoms. The van der Waals surface area contributed by atoms with Crippen LogP contribution in [0.15, 0.2) is 0 Å². The Bertz CT molecular complexity index is 401. The van der Waals surface area contributed by atoms with E-state index in [-0.39, 0.29) is 3.74 Å². The molecule has 0 radical (unpaired) electrons. The number of hydrogen-bond donors (Lipinski definition) is 0. The highest BCUT2D eigenvalue weighted by Crippen LogP contribution is 2.75. The molecule has 0 spiro atoms. The normalized spacial score (nSPS) is 16.4. The Hall–Kier alpha value is 7.20. The van der Waals surface area contributed by atoms with Gasteiger partial charge in [-0.25, -0.2) is 0 Å². The molecule has 22 heavy (non-hydrogen) atoms. The zero-order chi connectivity index (χ0) is 18.6. The average molecular weight is 1280 g/mol. The summed E-state index contributed by atoms with van der Waals surface area (Å²) in [5.41, 5.74) is 0. The van der Waals surface area contributed by atoms with Crippen LogP contribution in [0.25, 0.3) is 0 Å². The molecule has 0 aliphatic heterocycles. The lowest BCUT2D eigenvalue weighted by Gasteiger charge is -2.54. The third kappa shape index (κ3) is 5.51. The molecule has 0 nitrogen and oxygen atoms in total. The van der Waals surface area contributed by atoms with Gasteiger partial charge in [-0.3, -0.25) is 0 Å². The van der Waals surface area contributed by atoms with Crippen LogP contribution >= 0.6 is 239 Å². The molecule has 0 aromatic carbocycles. The van der Waals surface area contributed by atoms with Gasteiger partial charge in [0, 0.05) is 0 Å². The van der Waals surface area contributed by atoms with E-state index in [1.54, 1.807) is 0 Å². The molecular weight excluding hydrogens is 1280 g/mol. The third-order valence-corrected chi connectivity index (χ3v) is 31.2. The van der Waals surface area contributed by atoms with Crippen molar-refractivity contribution in [2.45, 2.75) is 22.0 Å². The minimum atomic E-state index is -0.847. The van der Waals surface area contributed by atoms with E-state index in [0.717, 1.165) is 0 Å². The van der Waals surface area contributed by atoms with Crippen LogP contribution in [0.5, 0.6) is 0 Å². The molecule has 0 amide bonds. The van der Waals surface area contributed by atoms with Crippen molar-refractivity contribution in [1.29, 1.82) is 0 Å². The highest BCUT2D eigenvalue weighted by molar-refractivity contribution is 9.42. The van der Waals surface area contributed by atoms with E-state index < -0.39 is 18.3 Å². The van der Waals surface area contributed by atoms with Crippen LogP contribution in [0, 0.1) is 0 Å². The first-order valence-corrected chi connectivity index (χ1v) is 16.6. The van der Waals surface area contributed by atoms with Gasteiger partial charge in [0.05, 0.1) is 3.74 Å². The van der Waals surface area contributed by atoms with Crippen LogP contribution in [-0.4, -0.2) is 22.0 Å². The fourth-order valence-corrected chi connectivity index (χ4v) is 13.2. The van der Waals surface area contributed by atoms with E-state index in [0.29, 0.717) is 0 Å². The third-order valence-electron chi connectivity index (χ3n) is 2.23. The van der Waals surface area contributed by atoms with Gasteiger partial charge in [0.1, 0.15) is 16.2 Å². The topological polar surface area (TPSA) is 0 Å². The summed E-state index contributed by atoms with van der Waals surface area (Å²) < 4.78 is -4.79. The predicted molar refractivity (Wildman–Crippen MR) is 154 cm³/mol. The molecule has 0 aromatic rings. The van der Waals surface area contributed by atoms with Gasteiger partial charge in [-0.1, -0.05) is 239 Å². The van der Waals surface area contributed by atoms with Gasteiger partial charge in [-0.05, 0) is 0 Å². The zero-order valence-corrected chi connectivity index (χ0v) is 33.0. The molecule has 0 saturated heterocycles. The van der Waals surface area contributed by atoms with E-state index in [9.17, 15) is 0 Å². The lowest BCUT2D eigenvalue weighted by atomic mass is 10.1. The van der Waals surface area contributed by atoms with Gasteiger partial charge in [-0.15, -0.1) is 0 Å². The maximum atomic E-state index is 3.76. The van der Waals surface area contributed by atoms with Crippen molar-refractivity contribution in [3.8, 4) is 0 Å². The summed E-state index contributed by atoms with van der Waals surface area (Å²) in [6, 6.07) is 0. The van der Waals surface area contributed by atoms with Crippen LogP contribution < -0.4 is 0 Å². The number of alkyl halides is 15. The molecule has 15 heteroatoms. The Labute approximate surface area is 255 Å².